The van der Waals surface area contributed by atoms with E-state index in [4.69, 9.17) is 10.8 Å². The van der Waals surface area contributed by atoms with Crippen molar-refractivity contribution >= 4 is 57.3 Å². The first-order chi connectivity index (χ1) is 18.7. The highest BCUT2D eigenvalue weighted by Crippen LogP contribution is 2.31. The van der Waals surface area contributed by atoms with E-state index in [2.05, 4.69) is 31.7 Å². The molecule has 0 aliphatic rings. The molecule has 0 fully saturated rings. The van der Waals surface area contributed by atoms with Crippen molar-refractivity contribution in [3.63, 3.8) is 0 Å². The Morgan fingerprint density at radius 2 is 0.789 bits per heavy atom. The van der Waals surface area contributed by atoms with Crippen LogP contribution in [-0.2, 0) is 0 Å². The molecule has 0 heterocycles. The number of para-hydroxylation sites is 2. The second-order valence-electron chi connectivity index (χ2n) is 8.39. The first kappa shape index (κ1) is 24.2. The second kappa shape index (κ2) is 11.5. The molecule has 8 heteroatoms. The van der Waals surface area contributed by atoms with Crippen LogP contribution >= 0.6 is 0 Å². The summed E-state index contributed by atoms with van der Waals surface area (Å²) in [6.45, 7) is 0. The molecule has 6 N–H and O–H groups in total. The lowest BCUT2D eigenvalue weighted by Crippen LogP contribution is -2.25. The van der Waals surface area contributed by atoms with Gasteiger partial charge in [0, 0.05) is 22.5 Å². The first-order valence-electron chi connectivity index (χ1n) is 12.0. The Hall–Kier alpha value is -5.50. The molecule has 0 aromatic heterocycles. The normalized spacial score (nSPS) is 11.2. The summed E-state index contributed by atoms with van der Waals surface area (Å²) in [6, 6.07) is 35.1. The number of benzene rings is 5. The molecule has 38 heavy (non-hydrogen) atoms. The minimum atomic E-state index is 0.0717. The molecule has 0 amide bonds. The zero-order valence-electron chi connectivity index (χ0n) is 20.4. The summed E-state index contributed by atoms with van der Waals surface area (Å²) < 4.78 is 0. The highest BCUT2D eigenvalue weighted by atomic mass is 15.4. The number of hydrogen-bond donors (Lipinski definition) is 6. The van der Waals surface area contributed by atoms with Crippen molar-refractivity contribution in [1.29, 1.82) is 10.8 Å². The fourth-order valence-corrected chi connectivity index (χ4v) is 4.18. The van der Waals surface area contributed by atoms with Gasteiger partial charge in [0.25, 0.3) is 0 Å². The van der Waals surface area contributed by atoms with Gasteiger partial charge in [0.1, 0.15) is 0 Å². The number of nitrogens with zero attached hydrogens (tertiary/aromatic N) is 2. The minimum Gasteiger partial charge on any atom is -0.325 e. The summed E-state index contributed by atoms with van der Waals surface area (Å²) in [7, 11) is 0. The van der Waals surface area contributed by atoms with Crippen LogP contribution in [0.4, 0.5) is 11.4 Å². The summed E-state index contributed by atoms with van der Waals surface area (Å²) in [5.41, 5.74) is 9.00. The fraction of sp³-hybridized carbons (Fsp3) is 0. The van der Waals surface area contributed by atoms with Gasteiger partial charge in [-0.2, -0.15) is 10.2 Å². The number of hydrogen-bond acceptors (Lipinski definition) is 4. The zero-order chi connectivity index (χ0) is 26.2. The molecule has 0 unspecified atom stereocenters. The molecule has 0 bridgehead atoms. The van der Waals surface area contributed by atoms with Crippen molar-refractivity contribution < 1.29 is 0 Å². The third-order valence-electron chi connectivity index (χ3n) is 5.84. The van der Waals surface area contributed by atoms with Gasteiger partial charge in [-0.1, -0.05) is 84.9 Å². The van der Waals surface area contributed by atoms with Crippen molar-refractivity contribution in [3.05, 3.63) is 120 Å². The Bertz CT molecular complexity index is 1460. The van der Waals surface area contributed by atoms with Gasteiger partial charge in [-0.3, -0.25) is 10.8 Å². The van der Waals surface area contributed by atoms with Crippen molar-refractivity contribution in [1.82, 2.24) is 10.9 Å². The maximum Gasteiger partial charge on any atom is 0.213 e. The van der Waals surface area contributed by atoms with E-state index in [1.54, 1.807) is 12.4 Å². The summed E-state index contributed by atoms with van der Waals surface area (Å²) in [6.07, 6.45) is 3.48. The van der Waals surface area contributed by atoms with Crippen LogP contribution in [0, 0.1) is 10.8 Å². The third kappa shape index (κ3) is 5.66. The number of guanidine groups is 2. The first-order valence-corrected chi connectivity index (χ1v) is 12.0. The molecule has 8 nitrogen and oxygen atoms in total. The Labute approximate surface area is 220 Å². The Morgan fingerprint density at radius 3 is 1.13 bits per heavy atom. The Morgan fingerprint density at radius 1 is 0.474 bits per heavy atom. The number of anilines is 2. The molecule has 5 aromatic rings. The van der Waals surface area contributed by atoms with Gasteiger partial charge in [0.15, 0.2) is 0 Å². The predicted octanol–water partition coefficient (Wildman–Crippen LogP) is 5.93. The predicted molar refractivity (Wildman–Crippen MR) is 158 cm³/mol. The minimum absolute atomic E-state index is 0.0717. The highest BCUT2D eigenvalue weighted by molar-refractivity contribution is 6.21. The molecule has 0 radical (unpaired) electrons. The number of nitrogens with one attached hydrogen (secondary N) is 6. The fourth-order valence-electron chi connectivity index (χ4n) is 4.18. The molecular weight excluding hydrogens is 472 g/mol. The standard InChI is InChI=1S/C30H26N8/c31-29(35-21-11-3-1-4-12-21)37-33-19-27-23-15-7-9-17-25(23)28(26-18-10-8-16-24(26)27)20-34-38-30(32)36-22-13-5-2-6-14-22/h1-20H,(H3,31,35,37)(H3,32,36,38)/b33-19+,34-20+. The smallest absolute Gasteiger partial charge is 0.213 e. The van der Waals surface area contributed by atoms with Crippen molar-refractivity contribution in [2.75, 3.05) is 10.6 Å². The molecule has 186 valence electrons. The second-order valence-corrected chi connectivity index (χ2v) is 8.39. The Balaban J connectivity index is 1.41. The van der Waals surface area contributed by atoms with Crippen LogP contribution in [0.25, 0.3) is 21.5 Å². The molecule has 0 atom stereocenters. The molecule has 0 saturated carbocycles. The van der Waals surface area contributed by atoms with Crippen molar-refractivity contribution in [2.24, 2.45) is 10.2 Å². The van der Waals surface area contributed by atoms with Crippen LogP contribution in [-0.4, -0.2) is 24.3 Å². The summed E-state index contributed by atoms with van der Waals surface area (Å²) in [4.78, 5) is 0. The average Bonchev–Trinajstić information content (AvgIpc) is 2.95. The Kier molecular flexibility index (Phi) is 7.32. The van der Waals surface area contributed by atoms with E-state index in [1.807, 2.05) is 109 Å². The van der Waals surface area contributed by atoms with Crippen LogP contribution < -0.4 is 21.5 Å². The summed E-state index contributed by atoms with van der Waals surface area (Å²) in [5.74, 6) is 0.143. The quantitative estimate of drug-likeness (QED) is 0.0752. The number of hydrazone groups is 2. The van der Waals surface area contributed by atoms with E-state index in [1.165, 1.54) is 0 Å². The van der Waals surface area contributed by atoms with Gasteiger partial charge >= 0.3 is 0 Å². The lowest BCUT2D eigenvalue weighted by Gasteiger charge is -2.13. The van der Waals surface area contributed by atoms with Gasteiger partial charge in [-0.05, 0) is 45.8 Å². The SMILES string of the molecule is N=C(N/N=C/c1c2ccccc2c(/C=N/NC(=N)Nc2ccccc2)c2ccccc12)Nc1ccccc1. The van der Waals surface area contributed by atoms with Crippen LogP contribution in [0.1, 0.15) is 11.1 Å². The van der Waals surface area contributed by atoms with Crippen LogP contribution in [0.2, 0.25) is 0 Å². The molecule has 5 rings (SSSR count). The van der Waals surface area contributed by atoms with E-state index in [-0.39, 0.29) is 11.9 Å². The van der Waals surface area contributed by atoms with Crippen molar-refractivity contribution in [3.8, 4) is 0 Å². The molecular formula is C30H26N8. The highest BCUT2D eigenvalue weighted by Gasteiger charge is 2.11. The zero-order valence-corrected chi connectivity index (χ0v) is 20.4. The van der Waals surface area contributed by atoms with E-state index < -0.39 is 0 Å². The van der Waals surface area contributed by atoms with Gasteiger partial charge in [-0.15, -0.1) is 0 Å². The van der Waals surface area contributed by atoms with Crippen LogP contribution in [0.5, 0.6) is 0 Å². The van der Waals surface area contributed by atoms with Crippen LogP contribution in [0.15, 0.2) is 119 Å². The lowest BCUT2D eigenvalue weighted by atomic mass is 9.92. The maximum atomic E-state index is 8.15. The monoisotopic (exact) mass is 498 g/mol. The molecule has 0 aliphatic heterocycles. The van der Waals surface area contributed by atoms with Gasteiger partial charge in [0.2, 0.25) is 11.9 Å². The number of rotatable bonds is 6. The van der Waals surface area contributed by atoms with Gasteiger partial charge in [-0.25, -0.2) is 10.9 Å². The maximum absolute atomic E-state index is 8.15. The van der Waals surface area contributed by atoms with Crippen LogP contribution in [0.3, 0.4) is 0 Å². The largest absolute Gasteiger partial charge is 0.325 e. The van der Waals surface area contributed by atoms with E-state index >= 15 is 0 Å². The lowest BCUT2D eigenvalue weighted by molar-refractivity contribution is 1.01. The summed E-state index contributed by atoms with van der Waals surface area (Å²) in [5, 5.41) is 34.9. The molecule has 0 spiro atoms. The van der Waals surface area contributed by atoms with Gasteiger partial charge < -0.3 is 10.6 Å². The third-order valence-corrected chi connectivity index (χ3v) is 5.84. The molecule has 0 aliphatic carbocycles. The average molecular weight is 499 g/mol. The van der Waals surface area contributed by atoms with E-state index in [0.29, 0.717) is 0 Å². The summed E-state index contributed by atoms with van der Waals surface area (Å²) >= 11 is 0. The molecule has 0 saturated heterocycles. The van der Waals surface area contributed by atoms with Gasteiger partial charge in [0.05, 0.1) is 12.4 Å². The van der Waals surface area contributed by atoms with E-state index in [0.717, 1.165) is 44.0 Å². The topological polar surface area (TPSA) is 121 Å². The molecule has 5 aromatic carbocycles. The number of fused-ring (bicyclic) bond motifs is 2. The van der Waals surface area contributed by atoms with Crippen molar-refractivity contribution in [2.45, 2.75) is 0 Å². The van der Waals surface area contributed by atoms with E-state index in [9.17, 15) is 0 Å².